The molecule has 0 bridgehead atoms. The molecule has 12 unspecified atom stereocenters. The minimum absolute atomic E-state index is 0.122. The molecule has 7 rings (SSSR count). The minimum Gasteiger partial charge on any atom is -0.375 e. The van der Waals surface area contributed by atoms with E-state index < -0.39 is 0 Å². The first-order valence-electron chi connectivity index (χ1n) is 19.6. The third kappa shape index (κ3) is 9.89. The average Bonchev–Trinajstić information content (AvgIpc) is 4.01. The van der Waals surface area contributed by atoms with Crippen LogP contribution in [0.15, 0.2) is 0 Å². The lowest BCUT2D eigenvalue weighted by atomic mass is 9.68. The highest BCUT2D eigenvalue weighted by Gasteiger charge is 2.41. The quantitative estimate of drug-likeness (QED) is 0.130. The van der Waals surface area contributed by atoms with Crippen molar-refractivity contribution in [1.29, 1.82) is 0 Å². The minimum atomic E-state index is -0.122. The van der Waals surface area contributed by atoms with E-state index in [0.717, 1.165) is 64.3 Å². The van der Waals surface area contributed by atoms with Gasteiger partial charge in [0, 0.05) is 0 Å². The summed E-state index contributed by atoms with van der Waals surface area (Å²) in [6.45, 7) is 9.20. The molecule has 264 valence electrons. The summed E-state index contributed by atoms with van der Waals surface area (Å²) in [4.78, 5) is 0. The van der Waals surface area contributed by atoms with Gasteiger partial charge >= 0.3 is 0 Å². The molecule has 46 heavy (non-hydrogen) atoms. The number of hydrogen-bond donors (Lipinski definition) is 0. The Morgan fingerprint density at radius 3 is 1.37 bits per heavy atom. The highest BCUT2D eigenvalue weighted by molar-refractivity contribution is 4.91. The fraction of sp³-hybridized carbons (Fsp3) is 1.00. The molecule has 8 heteroatoms. The SMILES string of the molecule is CC(OCC1CCC(COC(C)OC2CCCC3CC(OCC4CO4)CCC32)CC1)OC1CCCC2CC(OCC3CO3)CCC21. The topological polar surface area (TPSA) is 80.4 Å². The number of epoxide rings is 2. The van der Waals surface area contributed by atoms with Gasteiger partial charge in [-0.25, -0.2) is 0 Å². The van der Waals surface area contributed by atoms with E-state index in [1.807, 2.05) is 0 Å². The van der Waals surface area contributed by atoms with Crippen LogP contribution in [-0.4, -0.2) is 88.8 Å². The molecule has 0 N–H and O–H groups in total. The Morgan fingerprint density at radius 2 is 0.957 bits per heavy atom. The van der Waals surface area contributed by atoms with Crippen molar-refractivity contribution >= 4 is 0 Å². The summed E-state index contributed by atoms with van der Waals surface area (Å²) in [5, 5.41) is 0. The standard InChI is InChI=1S/C38H64O8/c1-25(45-37-7-3-5-29-17-31(13-15-35(29)37)41-21-33-23-43-33)39-19-27-9-11-28(12-10-27)20-40-26(2)46-38-8-4-6-30-18-32(14-16-36(30)38)42-22-34-24-44-34/h25-38H,3-24H2,1-2H3. The van der Waals surface area contributed by atoms with Crippen LogP contribution in [0.5, 0.6) is 0 Å². The van der Waals surface area contributed by atoms with Crippen LogP contribution in [0.1, 0.15) is 117 Å². The van der Waals surface area contributed by atoms with Crippen molar-refractivity contribution in [3.8, 4) is 0 Å². The largest absolute Gasteiger partial charge is 0.375 e. The molecule has 7 fully saturated rings. The van der Waals surface area contributed by atoms with E-state index in [0.29, 0.717) is 60.3 Å². The Hall–Kier alpha value is -0.320. The summed E-state index contributed by atoms with van der Waals surface area (Å²) in [6, 6.07) is 0. The van der Waals surface area contributed by atoms with Crippen LogP contribution in [0.4, 0.5) is 0 Å². The first-order chi connectivity index (χ1) is 22.6. The highest BCUT2D eigenvalue weighted by Crippen LogP contribution is 2.45. The van der Waals surface area contributed by atoms with Gasteiger partial charge < -0.3 is 37.9 Å². The molecule has 0 spiro atoms. The molecule has 0 radical (unpaired) electrons. The Kier molecular flexibility index (Phi) is 12.3. The number of hydrogen-bond acceptors (Lipinski definition) is 8. The van der Waals surface area contributed by atoms with Gasteiger partial charge in [-0.1, -0.05) is 12.8 Å². The fourth-order valence-corrected chi connectivity index (χ4v) is 9.86. The fourth-order valence-electron chi connectivity index (χ4n) is 9.86. The molecular formula is C38H64O8. The van der Waals surface area contributed by atoms with Crippen molar-refractivity contribution in [2.45, 2.75) is 166 Å². The Morgan fingerprint density at radius 1 is 0.522 bits per heavy atom. The van der Waals surface area contributed by atoms with Gasteiger partial charge in [0.15, 0.2) is 12.6 Å². The van der Waals surface area contributed by atoms with Gasteiger partial charge in [0.2, 0.25) is 0 Å². The van der Waals surface area contributed by atoms with Crippen molar-refractivity contribution in [1.82, 2.24) is 0 Å². The molecule has 2 heterocycles. The Labute approximate surface area is 278 Å². The monoisotopic (exact) mass is 648 g/mol. The van der Waals surface area contributed by atoms with Crippen LogP contribution in [-0.2, 0) is 37.9 Å². The molecule has 2 aliphatic heterocycles. The third-order valence-electron chi connectivity index (χ3n) is 12.7. The maximum Gasteiger partial charge on any atom is 0.155 e. The van der Waals surface area contributed by atoms with Gasteiger partial charge in [0.25, 0.3) is 0 Å². The maximum atomic E-state index is 6.58. The van der Waals surface area contributed by atoms with E-state index in [4.69, 9.17) is 37.9 Å². The van der Waals surface area contributed by atoms with E-state index >= 15 is 0 Å². The molecule has 7 aliphatic rings. The Bertz CT molecular complexity index is 831. The van der Waals surface area contributed by atoms with Gasteiger partial charge in [0.05, 0.1) is 64.1 Å². The van der Waals surface area contributed by atoms with Gasteiger partial charge in [0.1, 0.15) is 12.2 Å². The lowest BCUT2D eigenvalue weighted by Crippen LogP contribution is -2.42. The molecular weight excluding hydrogens is 584 g/mol. The van der Waals surface area contributed by atoms with Gasteiger partial charge in [-0.05, 0) is 139 Å². The molecule has 2 saturated heterocycles. The average molecular weight is 649 g/mol. The van der Waals surface area contributed by atoms with E-state index in [1.54, 1.807) is 0 Å². The smallest absolute Gasteiger partial charge is 0.155 e. The Balaban J connectivity index is 0.748. The van der Waals surface area contributed by atoms with Crippen molar-refractivity contribution in [3.63, 3.8) is 0 Å². The van der Waals surface area contributed by atoms with Gasteiger partial charge in [-0.2, -0.15) is 0 Å². The van der Waals surface area contributed by atoms with Crippen molar-refractivity contribution in [3.05, 3.63) is 0 Å². The molecule has 12 atom stereocenters. The third-order valence-corrected chi connectivity index (χ3v) is 12.7. The predicted molar refractivity (Wildman–Crippen MR) is 174 cm³/mol. The highest BCUT2D eigenvalue weighted by atomic mass is 16.7. The van der Waals surface area contributed by atoms with Crippen LogP contribution in [0.2, 0.25) is 0 Å². The second kappa shape index (κ2) is 16.6. The zero-order valence-electron chi connectivity index (χ0n) is 28.9. The van der Waals surface area contributed by atoms with Crippen LogP contribution in [0, 0.1) is 35.5 Å². The summed E-state index contributed by atoms with van der Waals surface area (Å²) in [7, 11) is 0. The molecule has 0 aromatic heterocycles. The van der Waals surface area contributed by atoms with Crippen molar-refractivity contribution in [2.24, 2.45) is 35.5 Å². The molecule has 0 aromatic rings. The van der Waals surface area contributed by atoms with Gasteiger partial charge in [-0.3, -0.25) is 0 Å². The molecule has 5 saturated carbocycles. The van der Waals surface area contributed by atoms with E-state index in [1.165, 1.54) is 89.9 Å². The van der Waals surface area contributed by atoms with Crippen LogP contribution < -0.4 is 0 Å². The van der Waals surface area contributed by atoms with E-state index in [-0.39, 0.29) is 12.6 Å². The summed E-state index contributed by atoms with van der Waals surface area (Å²) < 4.78 is 48.8. The molecule has 0 aromatic carbocycles. The summed E-state index contributed by atoms with van der Waals surface area (Å²) in [5.41, 5.74) is 0. The van der Waals surface area contributed by atoms with Crippen LogP contribution in [0.3, 0.4) is 0 Å². The number of ether oxygens (including phenoxy) is 8. The second-order valence-electron chi connectivity index (χ2n) is 16.2. The lowest BCUT2D eigenvalue weighted by molar-refractivity contribution is -0.201. The summed E-state index contributed by atoms with van der Waals surface area (Å²) >= 11 is 0. The van der Waals surface area contributed by atoms with E-state index in [2.05, 4.69) is 13.8 Å². The zero-order valence-corrected chi connectivity index (χ0v) is 28.9. The molecule has 8 nitrogen and oxygen atoms in total. The number of rotatable bonds is 16. The van der Waals surface area contributed by atoms with E-state index in [9.17, 15) is 0 Å². The zero-order chi connectivity index (χ0) is 31.3. The van der Waals surface area contributed by atoms with Crippen molar-refractivity contribution in [2.75, 3.05) is 39.6 Å². The maximum absolute atomic E-state index is 6.58. The number of fused-ring (bicyclic) bond motifs is 2. The van der Waals surface area contributed by atoms with Crippen LogP contribution in [0.25, 0.3) is 0 Å². The lowest BCUT2D eigenvalue weighted by Gasteiger charge is -2.44. The first-order valence-corrected chi connectivity index (χ1v) is 19.6. The second-order valence-corrected chi connectivity index (χ2v) is 16.2. The summed E-state index contributed by atoms with van der Waals surface area (Å²) in [5.74, 6) is 4.08. The normalized spacial score (nSPS) is 43.7. The predicted octanol–water partition coefficient (Wildman–Crippen LogP) is 7.06. The van der Waals surface area contributed by atoms with Gasteiger partial charge in [-0.15, -0.1) is 0 Å². The summed E-state index contributed by atoms with van der Waals surface area (Å²) in [6.07, 6.45) is 21.6. The van der Waals surface area contributed by atoms with Crippen molar-refractivity contribution < 1.29 is 37.9 Å². The molecule has 5 aliphatic carbocycles. The molecule has 0 amide bonds. The first kappa shape index (κ1) is 34.1. The van der Waals surface area contributed by atoms with Crippen LogP contribution >= 0.6 is 0 Å².